The Bertz CT molecular complexity index is 1000. The number of fused-ring (bicyclic) bond motifs is 1. The first-order valence-electron chi connectivity index (χ1n) is 7.74. The van der Waals surface area contributed by atoms with Gasteiger partial charge in [0, 0.05) is 23.5 Å². The number of anilines is 1. The summed E-state index contributed by atoms with van der Waals surface area (Å²) < 4.78 is 2.61. The molecule has 3 rings (SSSR count). The Kier molecular flexibility index (Phi) is 5.28. The van der Waals surface area contributed by atoms with Crippen LogP contribution in [0.1, 0.15) is 10.6 Å². The SMILES string of the molecule is C=CC(=O)Nc1cccc(-c2ccc3cnc(C(=O)NSC)nc3c2)c1. The van der Waals surface area contributed by atoms with Gasteiger partial charge in [-0.15, -0.1) is 0 Å². The van der Waals surface area contributed by atoms with E-state index >= 15 is 0 Å². The molecule has 1 aromatic heterocycles. The predicted octanol–water partition coefficient (Wildman–Crippen LogP) is 3.43. The number of amides is 2. The molecule has 0 aliphatic carbocycles. The first-order valence-corrected chi connectivity index (χ1v) is 8.97. The number of hydrogen-bond donors (Lipinski definition) is 2. The predicted molar refractivity (Wildman–Crippen MR) is 105 cm³/mol. The first kappa shape index (κ1) is 17.6. The topological polar surface area (TPSA) is 84.0 Å². The Morgan fingerprint density at radius 1 is 1.15 bits per heavy atom. The second kappa shape index (κ2) is 7.79. The van der Waals surface area contributed by atoms with E-state index in [1.54, 1.807) is 18.5 Å². The number of nitrogens with one attached hydrogen (secondary N) is 2. The lowest BCUT2D eigenvalue weighted by Crippen LogP contribution is -2.18. The van der Waals surface area contributed by atoms with Crippen LogP contribution in [0, 0.1) is 0 Å². The van der Waals surface area contributed by atoms with E-state index in [0.717, 1.165) is 16.5 Å². The van der Waals surface area contributed by atoms with Crippen molar-refractivity contribution in [3.8, 4) is 11.1 Å². The smallest absolute Gasteiger partial charge is 0.298 e. The quantitative estimate of drug-likeness (QED) is 0.535. The molecule has 3 aromatic rings. The van der Waals surface area contributed by atoms with Gasteiger partial charge >= 0.3 is 0 Å². The van der Waals surface area contributed by atoms with Gasteiger partial charge < -0.3 is 5.32 Å². The Hall–Kier alpha value is -3.19. The van der Waals surface area contributed by atoms with Crippen molar-refractivity contribution in [2.45, 2.75) is 0 Å². The fourth-order valence-electron chi connectivity index (χ4n) is 2.42. The zero-order chi connectivity index (χ0) is 18.5. The number of carbonyl (C=O) groups is 2. The Morgan fingerprint density at radius 3 is 2.73 bits per heavy atom. The summed E-state index contributed by atoms with van der Waals surface area (Å²) in [5, 5.41) is 3.58. The van der Waals surface area contributed by atoms with Gasteiger partial charge in [-0.05, 0) is 35.4 Å². The Balaban J connectivity index is 1.97. The largest absolute Gasteiger partial charge is 0.323 e. The summed E-state index contributed by atoms with van der Waals surface area (Å²) in [4.78, 5) is 31.8. The van der Waals surface area contributed by atoms with Crippen LogP contribution in [-0.2, 0) is 4.79 Å². The van der Waals surface area contributed by atoms with Crippen molar-refractivity contribution in [3.05, 3.63) is 67.1 Å². The highest BCUT2D eigenvalue weighted by molar-refractivity contribution is 7.97. The highest BCUT2D eigenvalue weighted by atomic mass is 32.2. The van der Waals surface area contributed by atoms with Crippen molar-refractivity contribution in [2.75, 3.05) is 11.6 Å². The van der Waals surface area contributed by atoms with Crippen molar-refractivity contribution in [1.82, 2.24) is 14.7 Å². The van der Waals surface area contributed by atoms with Gasteiger partial charge in [0.1, 0.15) is 0 Å². The molecule has 0 fully saturated rings. The Morgan fingerprint density at radius 2 is 1.96 bits per heavy atom. The lowest BCUT2D eigenvalue weighted by atomic mass is 10.0. The van der Waals surface area contributed by atoms with Crippen LogP contribution < -0.4 is 10.0 Å². The van der Waals surface area contributed by atoms with Crippen molar-refractivity contribution >= 4 is 40.4 Å². The number of nitrogens with zero attached hydrogens (tertiary/aromatic N) is 2. The summed E-state index contributed by atoms with van der Waals surface area (Å²) >= 11 is 1.20. The molecule has 7 heteroatoms. The maximum atomic E-state index is 11.9. The van der Waals surface area contributed by atoms with Gasteiger partial charge in [-0.3, -0.25) is 14.3 Å². The van der Waals surface area contributed by atoms with Gasteiger partial charge in [0.25, 0.3) is 5.91 Å². The van der Waals surface area contributed by atoms with Crippen LogP contribution in [0.3, 0.4) is 0 Å². The molecule has 0 atom stereocenters. The zero-order valence-electron chi connectivity index (χ0n) is 14.0. The van der Waals surface area contributed by atoms with Gasteiger partial charge in [-0.2, -0.15) is 0 Å². The molecule has 26 heavy (non-hydrogen) atoms. The standard InChI is InChI=1S/C19H16N4O2S/c1-3-17(24)21-15-6-4-5-12(9-15)13-7-8-14-11-20-18(19(25)23-26-2)22-16(14)10-13/h3-11H,1H2,2H3,(H,21,24)(H,23,25). The zero-order valence-corrected chi connectivity index (χ0v) is 14.8. The summed E-state index contributed by atoms with van der Waals surface area (Å²) in [6.07, 6.45) is 4.61. The molecular weight excluding hydrogens is 348 g/mol. The molecule has 2 amide bonds. The molecule has 6 nitrogen and oxygen atoms in total. The van der Waals surface area contributed by atoms with E-state index in [0.29, 0.717) is 11.2 Å². The van der Waals surface area contributed by atoms with Crippen LogP contribution >= 0.6 is 11.9 Å². The fourth-order valence-corrected chi connectivity index (χ4v) is 2.70. The molecule has 0 saturated heterocycles. The summed E-state index contributed by atoms with van der Waals surface area (Å²) in [6.45, 7) is 3.45. The molecule has 0 spiro atoms. The van der Waals surface area contributed by atoms with Gasteiger partial charge in [0.15, 0.2) is 0 Å². The third-order valence-electron chi connectivity index (χ3n) is 3.63. The molecule has 0 aliphatic heterocycles. The van der Waals surface area contributed by atoms with Crippen LogP contribution in [-0.4, -0.2) is 28.0 Å². The minimum Gasteiger partial charge on any atom is -0.323 e. The lowest BCUT2D eigenvalue weighted by molar-refractivity contribution is -0.111. The normalized spacial score (nSPS) is 10.3. The number of aromatic nitrogens is 2. The van der Waals surface area contributed by atoms with Crippen LogP contribution in [0.5, 0.6) is 0 Å². The summed E-state index contributed by atoms with van der Waals surface area (Å²) in [5.74, 6) is -0.479. The van der Waals surface area contributed by atoms with E-state index in [4.69, 9.17) is 0 Å². The molecular formula is C19H16N4O2S. The Labute approximate surface area is 154 Å². The maximum Gasteiger partial charge on any atom is 0.298 e. The highest BCUT2D eigenvalue weighted by Gasteiger charge is 2.10. The van der Waals surface area contributed by atoms with E-state index in [-0.39, 0.29) is 17.6 Å². The number of rotatable bonds is 5. The number of carbonyl (C=O) groups excluding carboxylic acids is 2. The second-order valence-corrected chi connectivity index (χ2v) is 5.99. The molecule has 130 valence electrons. The minimum absolute atomic E-state index is 0.121. The molecule has 0 aliphatic rings. The molecule has 0 radical (unpaired) electrons. The van der Waals surface area contributed by atoms with Crippen molar-refractivity contribution in [2.24, 2.45) is 0 Å². The van der Waals surface area contributed by atoms with Crippen molar-refractivity contribution < 1.29 is 9.59 Å². The molecule has 1 heterocycles. The van der Waals surface area contributed by atoms with E-state index in [1.165, 1.54) is 18.0 Å². The molecule has 0 unspecified atom stereocenters. The molecule has 0 bridgehead atoms. The highest BCUT2D eigenvalue weighted by Crippen LogP contribution is 2.25. The summed E-state index contributed by atoms with van der Waals surface area (Å²) in [5.41, 5.74) is 3.18. The third-order valence-corrected chi connectivity index (χ3v) is 4.02. The van der Waals surface area contributed by atoms with Crippen LogP contribution in [0.15, 0.2) is 61.3 Å². The minimum atomic E-state index is -0.334. The van der Waals surface area contributed by atoms with Crippen molar-refractivity contribution in [1.29, 1.82) is 0 Å². The van der Waals surface area contributed by atoms with E-state index < -0.39 is 0 Å². The van der Waals surface area contributed by atoms with E-state index in [1.807, 2.05) is 36.4 Å². The molecule has 2 N–H and O–H groups in total. The average molecular weight is 364 g/mol. The maximum absolute atomic E-state index is 11.9. The van der Waals surface area contributed by atoms with E-state index in [9.17, 15) is 9.59 Å². The fraction of sp³-hybridized carbons (Fsp3) is 0.0526. The van der Waals surface area contributed by atoms with Gasteiger partial charge in [-0.25, -0.2) is 9.97 Å². The lowest BCUT2D eigenvalue weighted by Gasteiger charge is -2.08. The van der Waals surface area contributed by atoms with Crippen LogP contribution in [0.4, 0.5) is 5.69 Å². The monoisotopic (exact) mass is 364 g/mol. The third kappa shape index (κ3) is 3.89. The summed E-state index contributed by atoms with van der Waals surface area (Å²) in [6, 6.07) is 13.2. The van der Waals surface area contributed by atoms with Crippen LogP contribution in [0.2, 0.25) is 0 Å². The average Bonchev–Trinajstić information content (AvgIpc) is 2.67. The number of benzene rings is 2. The molecule has 0 saturated carbocycles. The molecule has 2 aromatic carbocycles. The van der Waals surface area contributed by atoms with Gasteiger partial charge in [-0.1, -0.05) is 42.8 Å². The number of hydrogen-bond acceptors (Lipinski definition) is 5. The van der Waals surface area contributed by atoms with E-state index in [2.05, 4.69) is 26.6 Å². The van der Waals surface area contributed by atoms with Gasteiger partial charge in [0.05, 0.1) is 5.52 Å². The second-order valence-electron chi connectivity index (χ2n) is 5.38. The first-order chi connectivity index (χ1) is 12.6. The summed E-state index contributed by atoms with van der Waals surface area (Å²) in [7, 11) is 0. The van der Waals surface area contributed by atoms with Crippen molar-refractivity contribution in [3.63, 3.8) is 0 Å². The van der Waals surface area contributed by atoms with Gasteiger partial charge in [0.2, 0.25) is 11.7 Å². The van der Waals surface area contributed by atoms with Crippen LogP contribution in [0.25, 0.3) is 22.0 Å².